The first kappa shape index (κ1) is 16.0. The van der Waals surface area contributed by atoms with Crippen LogP contribution in [-0.2, 0) is 12.5 Å². The minimum absolute atomic E-state index is 0.0226. The molecule has 1 aliphatic heterocycles. The quantitative estimate of drug-likeness (QED) is 0.569. The van der Waals surface area contributed by atoms with Gasteiger partial charge in [0.2, 0.25) is 0 Å². The highest BCUT2D eigenvalue weighted by molar-refractivity contribution is 6.31. The van der Waals surface area contributed by atoms with E-state index in [1.54, 1.807) is 6.07 Å². The van der Waals surface area contributed by atoms with Crippen LogP contribution in [0.15, 0.2) is 65.8 Å². The van der Waals surface area contributed by atoms with Crippen molar-refractivity contribution in [3.8, 4) is 5.69 Å². The minimum atomic E-state index is -2.89. The van der Waals surface area contributed by atoms with Crippen LogP contribution in [0, 0.1) is 0 Å². The Hall–Kier alpha value is -2.46. The molecular weight excluding hydrogens is 342 g/mol. The summed E-state index contributed by atoms with van der Waals surface area (Å²) in [4.78, 5) is 4.70. The second-order valence-corrected chi connectivity index (χ2v) is 6.54. The monoisotopic (exact) mass is 356 g/mol. The molecule has 0 aliphatic carbocycles. The summed E-state index contributed by atoms with van der Waals surface area (Å²) in [6.07, 6.45) is 1.93. The molecule has 0 N–H and O–H groups in total. The van der Waals surface area contributed by atoms with Gasteiger partial charge in [-0.2, -0.15) is 0 Å². The maximum atomic E-state index is 13.7. The van der Waals surface area contributed by atoms with Crippen molar-refractivity contribution in [3.63, 3.8) is 0 Å². The van der Waals surface area contributed by atoms with Crippen molar-refractivity contribution in [2.45, 2.75) is 19.4 Å². The van der Waals surface area contributed by atoms with Gasteiger partial charge in [-0.1, -0.05) is 35.9 Å². The molecule has 0 atom stereocenters. The first-order chi connectivity index (χ1) is 11.9. The van der Waals surface area contributed by atoms with Gasteiger partial charge in [-0.3, -0.25) is 4.99 Å². The zero-order valence-electron chi connectivity index (χ0n) is 13.5. The highest BCUT2D eigenvalue weighted by Crippen LogP contribution is 2.31. The van der Waals surface area contributed by atoms with Crippen LogP contribution in [0.4, 0.5) is 8.78 Å². The average molecular weight is 357 g/mol. The number of benzene rings is 2. The van der Waals surface area contributed by atoms with Crippen LogP contribution in [0.2, 0.25) is 5.02 Å². The maximum Gasteiger partial charge on any atom is 0.270 e. The van der Waals surface area contributed by atoms with E-state index >= 15 is 0 Å². The predicted molar refractivity (Wildman–Crippen MR) is 96.1 cm³/mol. The van der Waals surface area contributed by atoms with Crippen molar-refractivity contribution < 1.29 is 8.78 Å². The highest BCUT2D eigenvalue weighted by Gasteiger charge is 2.26. The largest absolute Gasteiger partial charge is 0.315 e. The summed E-state index contributed by atoms with van der Waals surface area (Å²) in [5.41, 5.74) is 4.08. The van der Waals surface area contributed by atoms with Crippen molar-refractivity contribution in [1.29, 1.82) is 0 Å². The minimum Gasteiger partial charge on any atom is -0.315 e. The Bertz CT molecular complexity index is 983. The lowest BCUT2D eigenvalue weighted by Crippen LogP contribution is -2.11. The fourth-order valence-corrected chi connectivity index (χ4v) is 3.36. The summed E-state index contributed by atoms with van der Waals surface area (Å²) in [7, 11) is 0. The van der Waals surface area contributed by atoms with E-state index in [-0.39, 0.29) is 5.56 Å². The van der Waals surface area contributed by atoms with Gasteiger partial charge in [-0.15, -0.1) is 0 Å². The molecule has 0 spiro atoms. The van der Waals surface area contributed by atoms with Crippen LogP contribution >= 0.6 is 11.6 Å². The molecule has 0 saturated carbocycles. The van der Waals surface area contributed by atoms with E-state index in [0.29, 0.717) is 22.8 Å². The number of aliphatic imine (C=N–C) groups is 1. The maximum absolute atomic E-state index is 13.7. The van der Waals surface area contributed by atoms with Gasteiger partial charge >= 0.3 is 0 Å². The highest BCUT2D eigenvalue weighted by atomic mass is 35.5. The molecule has 0 bridgehead atoms. The molecule has 0 amide bonds. The zero-order valence-corrected chi connectivity index (χ0v) is 14.3. The van der Waals surface area contributed by atoms with E-state index in [4.69, 9.17) is 16.6 Å². The van der Waals surface area contributed by atoms with Gasteiger partial charge in [0.25, 0.3) is 5.92 Å². The number of nitrogens with zero attached hydrogens (tertiary/aromatic N) is 2. The predicted octanol–water partition coefficient (Wildman–Crippen LogP) is 5.59. The number of fused-ring (bicyclic) bond motifs is 3. The van der Waals surface area contributed by atoms with Crippen molar-refractivity contribution in [2.75, 3.05) is 0 Å². The Balaban J connectivity index is 1.90. The second-order valence-electron chi connectivity index (χ2n) is 6.13. The van der Waals surface area contributed by atoms with Gasteiger partial charge < -0.3 is 4.57 Å². The summed E-state index contributed by atoms with van der Waals surface area (Å²) in [6, 6.07) is 16.0. The molecule has 2 aromatic carbocycles. The number of hydrogen-bond donors (Lipinski definition) is 0. The molecule has 4 rings (SSSR count). The lowest BCUT2D eigenvalue weighted by molar-refractivity contribution is 0.0174. The third kappa shape index (κ3) is 2.76. The van der Waals surface area contributed by atoms with Gasteiger partial charge in [0, 0.05) is 34.8 Å². The third-order valence-corrected chi connectivity index (χ3v) is 4.74. The smallest absolute Gasteiger partial charge is 0.270 e. The third-order valence-electron chi connectivity index (χ3n) is 4.38. The van der Waals surface area contributed by atoms with E-state index in [0.717, 1.165) is 23.9 Å². The molecular formula is C20H15ClF2N2. The molecule has 3 aromatic rings. The van der Waals surface area contributed by atoms with E-state index < -0.39 is 5.92 Å². The number of hydrogen-bond acceptors (Lipinski definition) is 1. The Kier molecular flexibility index (Phi) is 3.73. The first-order valence-corrected chi connectivity index (χ1v) is 8.31. The van der Waals surface area contributed by atoms with Gasteiger partial charge in [0.05, 0.1) is 23.6 Å². The van der Waals surface area contributed by atoms with E-state index in [2.05, 4.69) is 0 Å². The summed E-state index contributed by atoms with van der Waals surface area (Å²) < 4.78 is 29.5. The van der Waals surface area contributed by atoms with E-state index in [1.165, 1.54) is 12.1 Å². The lowest BCUT2D eigenvalue weighted by Gasteiger charge is -2.14. The average Bonchev–Trinajstić information content (AvgIpc) is 2.99. The van der Waals surface area contributed by atoms with Crippen LogP contribution in [0.1, 0.15) is 29.3 Å². The normalized spacial score (nSPS) is 13.7. The number of alkyl halides is 2. The summed E-state index contributed by atoms with van der Waals surface area (Å²) in [6.45, 7) is 1.30. The molecule has 5 heteroatoms. The van der Waals surface area contributed by atoms with Gasteiger partial charge in [-0.05, 0) is 30.3 Å². The van der Waals surface area contributed by atoms with Gasteiger partial charge in [-0.25, -0.2) is 8.78 Å². The fourth-order valence-electron chi connectivity index (χ4n) is 3.13. The van der Waals surface area contributed by atoms with Crippen LogP contribution in [0.3, 0.4) is 0 Å². The molecule has 1 aliphatic rings. The first-order valence-electron chi connectivity index (χ1n) is 7.94. The fraction of sp³-hybridized carbons (Fsp3) is 0.150. The number of rotatable bonds is 2. The van der Waals surface area contributed by atoms with E-state index in [9.17, 15) is 8.78 Å². The summed E-state index contributed by atoms with van der Waals surface area (Å²) in [5, 5.41) is 0.649. The molecule has 2 nitrogen and oxygen atoms in total. The molecule has 1 aromatic heterocycles. The molecule has 0 radical (unpaired) electrons. The molecule has 0 unspecified atom stereocenters. The van der Waals surface area contributed by atoms with Gasteiger partial charge in [0.1, 0.15) is 0 Å². The van der Waals surface area contributed by atoms with Crippen molar-refractivity contribution in [3.05, 3.63) is 88.2 Å². The van der Waals surface area contributed by atoms with Crippen molar-refractivity contribution >= 4 is 17.3 Å². The van der Waals surface area contributed by atoms with Crippen LogP contribution in [-0.4, -0.2) is 10.3 Å². The Labute approximate surface area is 149 Å². The Morgan fingerprint density at radius 3 is 2.68 bits per heavy atom. The molecule has 126 valence electrons. The molecule has 25 heavy (non-hydrogen) atoms. The SMILES string of the molecule is CC(F)(F)c1cccc(C2=NCc3c(Cl)cccc3-n3cccc32)c1. The molecule has 0 fully saturated rings. The molecule has 2 heterocycles. The Morgan fingerprint density at radius 2 is 1.88 bits per heavy atom. The van der Waals surface area contributed by atoms with Crippen LogP contribution < -0.4 is 0 Å². The summed E-state index contributed by atoms with van der Waals surface area (Å²) in [5.74, 6) is -2.89. The van der Waals surface area contributed by atoms with Crippen molar-refractivity contribution in [2.24, 2.45) is 4.99 Å². The lowest BCUT2D eigenvalue weighted by atomic mass is 10.0. The number of aromatic nitrogens is 1. The van der Waals surface area contributed by atoms with Gasteiger partial charge in [0.15, 0.2) is 0 Å². The van der Waals surface area contributed by atoms with Crippen molar-refractivity contribution in [1.82, 2.24) is 4.57 Å². The van der Waals surface area contributed by atoms with Crippen LogP contribution in [0.25, 0.3) is 5.69 Å². The summed E-state index contributed by atoms with van der Waals surface area (Å²) >= 11 is 6.35. The topological polar surface area (TPSA) is 17.3 Å². The second kappa shape index (κ2) is 5.81. The van der Waals surface area contributed by atoms with E-state index in [1.807, 2.05) is 47.2 Å². The number of halogens is 3. The molecule has 0 saturated heterocycles. The van der Waals surface area contributed by atoms with Crippen LogP contribution in [0.5, 0.6) is 0 Å². The standard InChI is InChI=1S/C20H15ClF2N2/c1-20(22,23)14-6-2-5-13(11-14)19-18-9-4-10-25(18)17-8-3-7-16(21)15(17)12-24-19/h2-11H,12H2,1H3. The Morgan fingerprint density at radius 1 is 1.08 bits per heavy atom. The zero-order chi connectivity index (χ0) is 17.6.